The molecule has 0 bridgehead atoms. The topological polar surface area (TPSA) is 38.1 Å². The van der Waals surface area contributed by atoms with Gasteiger partial charge in [-0.05, 0) is 43.7 Å². The average molecular weight is 230 g/mol. The second kappa shape index (κ2) is 4.40. The highest BCUT2D eigenvalue weighted by Gasteiger charge is 2.19. The Hall–Kier alpha value is -1.51. The molecule has 1 N–H and O–H groups in total. The number of furan rings is 1. The van der Waals surface area contributed by atoms with E-state index < -0.39 is 0 Å². The third-order valence-electron chi connectivity index (χ3n) is 3.74. The van der Waals surface area contributed by atoms with Gasteiger partial charge in [-0.2, -0.15) is 0 Å². The molecule has 0 aliphatic heterocycles. The van der Waals surface area contributed by atoms with Crippen LogP contribution in [-0.2, 0) is 0 Å². The summed E-state index contributed by atoms with van der Waals surface area (Å²) in [4.78, 5) is 4.42. The van der Waals surface area contributed by atoms with Crippen molar-refractivity contribution in [3.8, 4) is 0 Å². The molecule has 3 nitrogen and oxygen atoms in total. The predicted octanol–water partition coefficient (Wildman–Crippen LogP) is 3.82. The molecule has 2 aromatic rings. The Morgan fingerprint density at radius 1 is 1.24 bits per heavy atom. The van der Waals surface area contributed by atoms with Crippen LogP contribution in [0.25, 0.3) is 11.0 Å². The van der Waals surface area contributed by atoms with E-state index in [4.69, 9.17) is 4.42 Å². The van der Waals surface area contributed by atoms with Gasteiger partial charge in [0, 0.05) is 12.2 Å². The van der Waals surface area contributed by atoms with Crippen LogP contribution in [0.5, 0.6) is 0 Å². The van der Waals surface area contributed by atoms with Crippen molar-refractivity contribution in [3.63, 3.8) is 0 Å². The summed E-state index contributed by atoms with van der Waals surface area (Å²) >= 11 is 0. The number of nitrogens with one attached hydrogen (secondary N) is 1. The second-order valence-electron chi connectivity index (χ2n) is 5.09. The Labute approximate surface area is 101 Å². The summed E-state index contributed by atoms with van der Waals surface area (Å²) in [6.07, 6.45) is 8.66. The van der Waals surface area contributed by atoms with Gasteiger partial charge in [-0.1, -0.05) is 6.92 Å². The molecule has 0 atom stereocenters. The molecule has 0 spiro atoms. The molecule has 0 saturated heterocycles. The minimum Gasteiger partial charge on any atom is -0.464 e. The molecule has 90 valence electrons. The van der Waals surface area contributed by atoms with Crippen LogP contribution in [0.15, 0.2) is 29.0 Å². The first kappa shape index (κ1) is 10.6. The molecule has 1 aliphatic rings. The molecule has 2 aromatic heterocycles. The minimum atomic E-state index is 0.569. The van der Waals surface area contributed by atoms with E-state index in [0.29, 0.717) is 6.04 Å². The standard InChI is InChI=1S/C14H18N2O/c1-10-2-4-11(5-3-10)16-14-12-7-9-17-13(12)6-8-15-14/h6-11H,2-5H2,1H3,(H,15,16). The number of nitrogens with zero attached hydrogens (tertiary/aromatic N) is 1. The molecule has 0 unspecified atom stereocenters. The SMILES string of the molecule is CC1CCC(Nc2nccc3occc23)CC1. The lowest BCUT2D eigenvalue weighted by molar-refractivity contribution is 0.361. The van der Waals surface area contributed by atoms with E-state index in [1.807, 2.05) is 12.1 Å². The average Bonchev–Trinajstić information content (AvgIpc) is 2.81. The summed E-state index contributed by atoms with van der Waals surface area (Å²) in [6.45, 7) is 2.34. The first-order chi connectivity index (χ1) is 8.33. The lowest BCUT2D eigenvalue weighted by atomic mass is 9.87. The monoisotopic (exact) mass is 230 g/mol. The van der Waals surface area contributed by atoms with Gasteiger partial charge in [0.1, 0.15) is 11.4 Å². The van der Waals surface area contributed by atoms with E-state index in [0.717, 1.165) is 22.7 Å². The molecule has 0 radical (unpaired) electrons. The normalized spacial score (nSPS) is 25.0. The van der Waals surface area contributed by atoms with Crippen LogP contribution in [0.4, 0.5) is 5.82 Å². The van der Waals surface area contributed by atoms with Crippen molar-refractivity contribution in [2.45, 2.75) is 38.6 Å². The highest BCUT2D eigenvalue weighted by atomic mass is 16.3. The first-order valence-corrected chi connectivity index (χ1v) is 6.41. The third kappa shape index (κ3) is 2.14. The minimum absolute atomic E-state index is 0.569. The molecule has 17 heavy (non-hydrogen) atoms. The third-order valence-corrected chi connectivity index (χ3v) is 3.74. The van der Waals surface area contributed by atoms with Crippen LogP contribution in [0.2, 0.25) is 0 Å². The van der Waals surface area contributed by atoms with Crippen LogP contribution < -0.4 is 5.32 Å². The molecule has 3 rings (SSSR count). The highest BCUT2D eigenvalue weighted by molar-refractivity contribution is 5.87. The Bertz CT molecular complexity index is 498. The van der Waals surface area contributed by atoms with E-state index in [-0.39, 0.29) is 0 Å². The van der Waals surface area contributed by atoms with E-state index in [9.17, 15) is 0 Å². The molecule has 1 saturated carbocycles. The summed E-state index contributed by atoms with van der Waals surface area (Å²) in [7, 11) is 0. The van der Waals surface area contributed by atoms with Crippen molar-refractivity contribution in [2.24, 2.45) is 5.92 Å². The zero-order valence-electron chi connectivity index (χ0n) is 10.1. The van der Waals surface area contributed by atoms with E-state index in [2.05, 4.69) is 17.2 Å². The predicted molar refractivity (Wildman–Crippen MR) is 69.1 cm³/mol. The summed E-state index contributed by atoms with van der Waals surface area (Å²) in [5.74, 6) is 1.85. The van der Waals surface area contributed by atoms with Gasteiger partial charge < -0.3 is 9.73 Å². The molecule has 0 aromatic carbocycles. The number of pyridine rings is 1. The fourth-order valence-corrected chi connectivity index (χ4v) is 2.61. The fourth-order valence-electron chi connectivity index (χ4n) is 2.61. The lowest BCUT2D eigenvalue weighted by Crippen LogP contribution is -2.25. The summed E-state index contributed by atoms with van der Waals surface area (Å²) in [5.41, 5.74) is 0.909. The smallest absolute Gasteiger partial charge is 0.139 e. The maximum Gasteiger partial charge on any atom is 0.139 e. The maximum atomic E-state index is 5.38. The number of anilines is 1. The second-order valence-corrected chi connectivity index (χ2v) is 5.09. The number of fused-ring (bicyclic) bond motifs is 1. The van der Waals surface area contributed by atoms with Gasteiger partial charge >= 0.3 is 0 Å². The van der Waals surface area contributed by atoms with Gasteiger partial charge in [0.15, 0.2) is 0 Å². The van der Waals surface area contributed by atoms with Crippen molar-refractivity contribution >= 4 is 16.8 Å². The van der Waals surface area contributed by atoms with E-state index in [1.165, 1.54) is 25.7 Å². The Kier molecular flexibility index (Phi) is 2.75. The Morgan fingerprint density at radius 2 is 2.06 bits per heavy atom. The van der Waals surface area contributed by atoms with E-state index in [1.54, 1.807) is 12.5 Å². The maximum absolute atomic E-state index is 5.38. The molecular formula is C14H18N2O. The van der Waals surface area contributed by atoms with Crippen LogP contribution in [0.3, 0.4) is 0 Å². The molecule has 1 fully saturated rings. The van der Waals surface area contributed by atoms with Crippen molar-refractivity contribution < 1.29 is 4.42 Å². The highest BCUT2D eigenvalue weighted by Crippen LogP contribution is 2.28. The summed E-state index contributed by atoms with van der Waals surface area (Å²) in [6, 6.07) is 4.46. The fraction of sp³-hybridized carbons (Fsp3) is 0.500. The van der Waals surface area contributed by atoms with Crippen LogP contribution in [0.1, 0.15) is 32.6 Å². The van der Waals surface area contributed by atoms with Gasteiger partial charge in [0.2, 0.25) is 0 Å². The number of aromatic nitrogens is 1. The Balaban J connectivity index is 1.78. The number of rotatable bonds is 2. The van der Waals surface area contributed by atoms with Gasteiger partial charge in [0.05, 0.1) is 11.6 Å². The van der Waals surface area contributed by atoms with Crippen LogP contribution in [0, 0.1) is 5.92 Å². The summed E-state index contributed by atoms with van der Waals surface area (Å²) in [5, 5.41) is 4.65. The zero-order valence-corrected chi connectivity index (χ0v) is 10.1. The Morgan fingerprint density at radius 3 is 2.88 bits per heavy atom. The van der Waals surface area contributed by atoms with Gasteiger partial charge in [-0.15, -0.1) is 0 Å². The van der Waals surface area contributed by atoms with Crippen molar-refractivity contribution in [3.05, 3.63) is 24.6 Å². The number of hydrogen-bond acceptors (Lipinski definition) is 3. The van der Waals surface area contributed by atoms with Gasteiger partial charge in [0.25, 0.3) is 0 Å². The lowest BCUT2D eigenvalue weighted by Gasteiger charge is -2.27. The molecule has 3 heteroatoms. The quantitative estimate of drug-likeness (QED) is 0.852. The molecule has 2 heterocycles. The number of hydrogen-bond donors (Lipinski definition) is 1. The van der Waals surface area contributed by atoms with Crippen molar-refractivity contribution in [1.29, 1.82) is 0 Å². The van der Waals surface area contributed by atoms with Crippen molar-refractivity contribution in [2.75, 3.05) is 5.32 Å². The zero-order chi connectivity index (χ0) is 11.7. The van der Waals surface area contributed by atoms with Crippen molar-refractivity contribution in [1.82, 2.24) is 4.98 Å². The van der Waals surface area contributed by atoms with Gasteiger partial charge in [-0.3, -0.25) is 0 Å². The molecular weight excluding hydrogens is 212 g/mol. The summed E-state index contributed by atoms with van der Waals surface area (Å²) < 4.78 is 5.38. The van der Waals surface area contributed by atoms with E-state index >= 15 is 0 Å². The van der Waals surface area contributed by atoms with Crippen LogP contribution >= 0.6 is 0 Å². The van der Waals surface area contributed by atoms with Crippen LogP contribution in [-0.4, -0.2) is 11.0 Å². The largest absolute Gasteiger partial charge is 0.464 e. The van der Waals surface area contributed by atoms with Gasteiger partial charge in [-0.25, -0.2) is 4.98 Å². The first-order valence-electron chi connectivity index (χ1n) is 6.41. The molecule has 1 aliphatic carbocycles. The molecule has 0 amide bonds.